The Morgan fingerprint density at radius 1 is 1.40 bits per heavy atom. The Morgan fingerprint density at radius 2 is 2.15 bits per heavy atom. The molecule has 20 heavy (non-hydrogen) atoms. The number of nitrogens with one attached hydrogen (secondary N) is 1. The molecule has 1 aliphatic heterocycles. The van der Waals surface area contributed by atoms with E-state index in [-0.39, 0.29) is 17.9 Å². The number of thiophene rings is 1. The number of amides is 2. The molecule has 1 atom stereocenters. The molecule has 6 nitrogen and oxygen atoms in total. The monoisotopic (exact) mass is 294 g/mol. The van der Waals surface area contributed by atoms with Crippen molar-refractivity contribution in [2.24, 2.45) is 0 Å². The molecule has 1 N–H and O–H groups in total. The van der Waals surface area contributed by atoms with Gasteiger partial charge in [-0.3, -0.25) is 19.7 Å². The third kappa shape index (κ3) is 1.98. The fourth-order valence-corrected chi connectivity index (χ4v) is 3.26. The minimum atomic E-state index is -0.734. The van der Waals surface area contributed by atoms with Gasteiger partial charge in [0, 0.05) is 11.3 Å². The van der Waals surface area contributed by atoms with Crippen LogP contribution in [0.5, 0.6) is 0 Å². The lowest BCUT2D eigenvalue weighted by Gasteiger charge is -2.19. The third-order valence-electron chi connectivity index (χ3n) is 3.37. The fraction of sp³-hybridized carbons (Fsp3) is 0.462. The van der Waals surface area contributed by atoms with Crippen molar-refractivity contribution >= 4 is 33.4 Å². The van der Waals surface area contributed by atoms with Crippen LogP contribution < -0.4 is 10.9 Å². The summed E-state index contributed by atoms with van der Waals surface area (Å²) in [6.45, 7) is 4.09. The molecule has 0 spiro atoms. The Bertz CT molecular complexity index is 752. The Hall–Kier alpha value is -1.89. The minimum Gasteiger partial charge on any atom is -0.374 e. The molecule has 1 fully saturated rings. The number of carbonyl (C=O) groups is 2. The predicted molar refractivity (Wildman–Crippen MR) is 73.9 cm³/mol. The highest BCUT2D eigenvalue weighted by atomic mass is 32.1. The van der Waals surface area contributed by atoms with E-state index in [9.17, 15) is 14.4 Å². The van der Waals surface area contributed by atoms with Gasteiger partial charge in [-0.2, -0.15) is 4.74 Å². The van der Waals surface area contributed by atoms with E-state index in [4.69, 9.17) is 4.52 Å². The van der Waals surface area contributed by atoms with Crippen molar-refractivity contribution in [1.29, 1.82) is 0 Å². The van der Waals surface area contributed by atoms with Gasteiger partial charge in [0.05, 0.1) is 0 Å². The summed E-state index contributed by atoms with van der Waals surface area (Å²) in [5, 5.41) is 2.23. The number of rotatable bonds is 2. The van der Waals surface area contributed by atoms with Gasteiger partial charge in [-0.1, -0.05) is 13.8 Å². The number of piperidine rings is 1. The second kappa shape index (κ2) is 4.59. The van der Waals surface area contributed by atoms with Crippen LogP contribution in [0.2, 0.25) is 0 Å². The molecule has 2 amide bonds. The lowest BCUT2D eigenvalue weighted by Crippen LogP contribution is -2.43. The van der Waals surface area contributed by atoms with Gasteiger partial charge in [-0.05, 0) is 18.4 Å². The van der Waals surface area contributed by atoms with Crippen LogP contribution >= 0.6 is 11.3 Å². The van der Waals surface area contributed by atoms with Crippen LogP contribution in [0.3, 0.4) is 0 Å². The molecular weight excluding hydrogens is 280 g/mol. The summed E-state index contributed by atoms with van der Waals surface area (Å²) in [6, 6.07) is 1.11. The van der Waals surface area contributed by atoms with Crippen molar-refractivity contribution in [3.05, 3.63) is 21.3 Å². The summed E-state index contributed by atoms with van der Waals surface area (Å²) in [4.78, 5) is 36.3. The lowest BCUT2D eigenvalue weighted by atomic mass is 10.1. The highest BCUT2D eigenvalue weighted by molar-refractivity contribution is 7.19. The first-order chi connectivity index (χ1) is 9.47. The van der Waals surface area contributed by atoms with Crippen molar-refractivity contribution in [3.63, 3.8) is 0 Å². The summed E-state index contributed by atoms with van der Waals surface area (Å²) in [7, 11) is 0. The first-order valence-electron chi connectivity index (χ1n) is 6.46. The molecule has 106 valence electrons. The van der Waals surface area contributed by atoms with E-state index in [0.29, 0.717) is 22.6 Å². The van der Waals surface area contributed by atoms with E-state index < -0.39 is 11.9 Å². The first kappa shape index (κ1) is 13.1. The summed E-state index contributed by atoms with van der Waals surface area (Å²) in [6.07, 6.45) is 0.511. The maximum Gasteiger partial charge on any atom is 0.301 e. The largest absolute Gasteiger partial charge is 0.374 e. The van der Waals surface area contributed by atoms with Crippen LogP contribution in [0.1, 0.15) is 43.5 Å². The zero-order valence-electron chi connectivity index (χ0n) is 11.1. The van der Waals surface area contributed by atoms with E-state index in [1.807, 2.05) is 19.9 Å². The van der Waals surface area contributed by atoms with Crippen LogP contribution in [-0.2, 0) is 9.59 Å². The average molecular weight is 294 g/mol. The predicted octanol–water partition coefficient (Wildman–Crippen LogP) is 1.76. The maximum absolute atomic E-state index is 12.3. The molecule has 7 heteroatoms. The molecule has 2 aromatic rings. The quantitative estimate of drug-likeness (QED) is 0.856. The number of hydrogen-bond donors (Lipinski definition) is 1. The third-order valence-corrected chi connectivity index (χ3v) is 4.78. The SMILES string of the molecule is CC(C)c1cc2on(C3CCC(=O)NC3=O)c(=O)c2s1. The van der Waals surface area contributed by atoms with Crippen molar-refractivity contribution in [2.45, 2.75) is 38.6 Å². The zero-order valence-corrected chi connectivity index (χ0v) is 12.0. The Kier molecular flexibility index (Phi) is 3.01. The van der Waals surface area contributed by atoms with E-state index in [0.717, 1.165) is 9.62 Å². The molecule has 2 aromatic heterocycles. The molecule has 3 heterocycles. The molecule has 3 rings (SSSR count). The van der Waals surface area contributed by atoms with Crippen LogP contribution in [0.25, 0.3) is 10.3 Å². The molecule has 0 bridgehead atoms. The van der Waals surface area contributed by atoms with E-state index in [2.05, 4.69) is 5.32 Å². The lowest BCUT2D eigenvalue weighted by molar-refractivity contribution is -0.137. The fourth-order valence-electron chi connectivity index (χ4n) is 2.25. The van der Waals surface area contributed by atoms with Gasteiger partial charge in [0.2, 0.25) is 5.91 Å². The van der Waals surface area contributed by atoms with E-state index >= 15 is 0 Å². The van der Waals surface area contributed by atoms with Crippen LogP contribution in [0.15, 0.2) is 15.4 Å². The molecule has 0 aromatic carbocycles. The normalized spacial score (nSPS) is 19.9. The Labute approximate surface area is 118 Å². The zero-order chi connectivity index (χ0) is 14.4. The number of aromatic nitrogens is 1. The summed E-state index contributed by atoms with van der Waals surface area (Å²) < 4.78 is 7.13. The van der Waals surface area contributed by atoms with Crippen molar-refractivity contribution in [1.82, 2.24) is 10.1 Å². The van der Waals surface area contributed by atoms with Crippen LogP contribution in [-0.4, -0.2) is 16.6 Å². The molecule has 1 unspecified atom stereocenters. The van der Waals surface area contributed by atoms with Crippen molar-refractivity contribution in [3.8, 4) is 0 Å². The Morgan fingerprint density at radius 3 is 2.75 bits per heavy atom. The van der Waals surface area contributed by atoms with Gasteiger partial charge in [-0.25, -0.2) is 0 Å². The van der Waals surface area contributed by atoms with Crippen molar-refractivity contribution in [2.75, 3.05) is 0 Å². The molecule has 1 saturated heterocycles. The smallest absolute Gasteiger partial charge is 0.301 e. The number of imide groups is 1. The molecular formula is C13H14N2O4S. The first-order valence-corrected chi connectivity index (χ1v) is 7.28. The number of fused-ring (bicyclic) bond motifs is 1. The summed E-state index contributed by atoms with van der Waals surface area (Å²) in [5.41, 5.74) is 0.208. The van der Waals surface area contributed by atoms with E-state index in [1.54, 1.807) is 0 Å². The molecule has 0 aliphatic carbocycles. The van der Waals surface area contributed by atoms with Gasteiger partial charge in [0.15, 0.2) is 5.58 Å². The van der Waals surface area contributed by atoms with Crippen LogP contribution in [0.4, 0.5) is 0 Å². The van der Waals surface area contributed by atoms with E-state index in [1.165, 1.54) is 11.3 Å². The van der Waals surface area contributed by atoms with Gasteiger partial charge in [0.25, 0.3) is 5.91 Å². The van der Waals surface area contributed by atoms with Gasteiger partial charge < -0.3 is 4.52 Å². The molecule has 0 saturated carbocycles. The molecule has 1 aliphatic rings. The van der Waals surface area contributed by atoms with Gasteiger partial charge in [0.1, 0.15) is 10.7 Å². The summed E-state index contributed by atoms with van der Waals surface area (Å²) >= 11 is 1.39. The minimum absolute atomic E-state index is 0.217. The standard InChI is InChI=1S/C13H14N2O4S/c1-6(2)9-5-8-11(20-9)13(18)15(19-8)7-3-4-10(16)14-12(7)17/h5-7H,3-4H2,1-2H3,(H,14,16,17). The highest BCUT2D eigenvalue weighted by Crippen LogP contribution is 2.30. The second-order valence-corrected chi connectivity index (χ2v) is 6.27. The second-order valence-electron chi connectivity index (χ2n) is 5.19. The highest BCUT2D eigenvalue weighted by Gasteiger charge is 2.32. The number of carbonyl (C=O) groups excluding carboxylic acids is 2. The molecule has 0 radical (unpaired) electrons. The topological polar surface area (TPSA) is 81.3 Å². The summed E-state index contributed by atoms with van der Waals surface area (Å²) in [5.74, 6) is -0.463. The van der Waals surface area contributed by atoms with Gasteiger partial charge >= 0.3 is 5.56 Å². The number of nitrogens with zero attached hydrogens (tertiary/aromatic N) is 1. The number of hydrogen-bond acceptors (Lipinski definition) is 5. The Balaban J connectivity index is 2.03. The van der Waals surface area contributed by atoms with Crippen LogP contribution in [0, 0.1) is 0 Å². The maximum atomic E-state index is 12.3. The van der Waals surface area contributed by atoms with Crippen molar-refractivity contribution < 1.29 is 14.1 Å². The average Bonchev–Trinajstić information content (AvgIpc) is 2.90. The van der Waals surface area contributed by atoms with Gasteiger partial charge in [-0.15, -0.1) is 11.3 Å².